The number of rotatable bonds is 4. The molecule has 4 atom stereocenters. The maximum absolute atomic E-state index is 10.2. The molecule has 3 N–H and O–H groups in total. The standard InChI is InChI=1S/C14H27NO2/c1-10-7-13(17-9-10)14(16)12(15)8-11-5-3-2-4-6-11/h10-14,16H,2-9,15H2,1H3/t10-,12?,13-,14?/m0/s1. The molecule has 1 saturated heterocycles. The number of aliphatic hydroxyl groups excluding tert-OH is 1. The van der Waals surface area contributed by atoms with Crippen LogP contribution in [0.25, 0.3) is 0 Å². The summed E-state index contributed by atoms with van der Waals surface area (Å²) in [5.74, 6) is 1.30. The molecule has 2 fully saturated rings. The molecule has 2 rings (SSSR count). The summed E-state index contributed by atoms with van der Waals surface area (Å²) < 4.78 is 5.61. The van der Waals surface area contributed by atoms with Gasteiger partial charge in [-0.3, -0.25) is 0 Å². The van der Waals surface area contributed by atoms with Crippen molar-refractivity contribution < 1.29 is 9.84 Å². The highest BCUT2D eigenvalue weighted by Gasteiger charge is 2.33. The summed E-state index contributed by atoms with van der Waals surface area (Å²) in [5.41, 5.74) is 6.14. The fourth-order valence-corrected chi connectivity index (χ4v) is 3.28. The second-order valence-electron chi connectivity index (χ2n) is 6.11. The molecule has 17 heavy (non-hydrogen) atoms. The molecule has 0 aromatic heterocycles. The van der Waals surface area contributed by atoms with Gasteiger partial charge in [0.2, 0.25) is 0 Å². The lowest BCUT2D eigenvalue weighted by Crippen LogP contribution is -2.44. The van der Waals surface area contributed by atoms with Crippen molar-refractivity contribution in [3.63, 3.8) is 0 Å². The van der Waals surface area contributed by atoms with Crippen molar-refractivity contribution in [2.75, 3.05) is 6.61 Å². The van der Waals surface area contributed by atoms with E-state index in [1.165, 1.54) is 32.1 Å². The van der Waals surface area contributed by atoms with Crippen molar-refractivity contribution in [1.82, 2.24) is 0 Å². The Morgan fingerprint density at radius 2 is 2.00 bits per heavy atom. The third kappa shape index (κ3) is 3.67. The Hall–Kier alpha value is -0.120. The van der Waals surface area contributed by atoms with Crippen LogP contribution in [0.5, 0.6) is 0 Å². The minimum Gasteiger partial charge on any atom is -0.389 e. The Morgan fingerprint density at radius 1 is 1.29 bits per heavy atom. The highest BCUT2D eigenvalue weighted by molar-refractivity contribution is 4.86. The first kappa shape index (κ1) is 13.3. The molecule has 1 heterocycles. The molecule has 0 bridgehead atoms. The van der Waals surface area contributed by atoms with Gasteiger partial charge in [0.05, 0.1) is 12.2 Å². The first-order valence-electron chi connectivity index (χ1n) is 7.22. The van der Waals surface area contributed by atoms with Crippen LogP contribution in [0.2, 0.25) is 0 Å². The predicted octanol–water partition coefficient (Wildman–Crippen LogP) is 2.07. The molecule has 0 spiro atoms. The highest BCUT2D eigenvalue weighted by atomic mass is 16.5. The van der Waals surface area contributed by atoms with Crippen LogP contribution in [0.3, 0.4) is 0 Å². The molecule has 3 heteroatoms. The van der Waals surface area contributed by atoms with Crippen molar-refractivity contribution in [2.45, 2.75) is 70.1 Å². The van der Waals surface area contributed by atoms with Crippen LogP contribution in [-0.2, 0) is 4.74 Å². The minimum atomic E-state index is -0.470. The smallest absolute Gasteiger partial charge is 0.0952 e. The zero-order valence-corrected chi connectivity index (χ0v) is 11.0. The Morgan fingerprint density at radius 3 is 2.59 bits per heavy atom. The van der Waals surface area contributed by atoms with Gasteiger partial charge in [0.25, 0.3) is 0 Å². The van der Waals surface area contributed by atoms with Crippen LogP contribution in [0, 0.1) is 11.8 Å². The average molecular weight is 241 g/mol. The maximum Gasteiger partial charge on any atom is 0.0952 e. The summed E-state index contributed by atoms with van der Waals surface area (Å²) in [6.07, 6.45) is 8.07. The quantitative estimate of drug-likeness (QED) is 0.792. The summed E-state index contributed by atoms with van der Waals surface area (Å²) in [5, 5.41) is 10.2. The van der Waals surface area contributed by atoms with E-state index in [9.17, 15) is 5.11 Å². The van der Waals surface area contributed by atoms with Crippen LogP contribution in [0.15, 0.2) is 0 Å². The topological polar surface area (TPSA) is 55.5 Å². The summed E-state index contributed by atoms with van der Waals surface area (Å²) in [6, 6.07) is -0.103. The second-order valence-corrected chi connectivity index (χ2v) is 6.11. The third-order valence-electron chi connectivity index (χ3n) is 4.38. The lowest BCUT2D eigenvalue weighted by Gasteiger charge is -2.29. The van der Waals surface area contributed by atoms with E-state index in [1.807, 2.05) is 0 Å². The normalized spacial score (nSPS) is 34.8. The monoisotopic (exact) mass is 241 g/mol. The molecule has 2 aliphatic rings. The number of ether oxygens (including phenoxy) is 1. The van der Waals surface area contributed by atoms with Gasteiger partial charge in [-0.15, -0.1) is 0 Å². The van der Waals surface area contributed by atoms with E-state index in [2.05, 4.69) is 6.92 Å². The van der Waals surface area contributed by atoms with Crippen molar-refractivity contribution in [3.05, 3.63) is 0 Å². The zero-order valence-electron chi connectivity index (χ0n) is 11.0. The van der Waals surface area contributed by atoms with E-state index in [0.717, 1.165) is 25.4 Å². The van der Waals surface area contributed by atoms with E-state index in [1.54, 1.807) is 0 Å². The molecular weight excluding hydrogens is 214 g/mol. The van der Waals surface area contributed by atoms with Gasteiger partial charge in [0, 0.05) is 12.6 Å². The van der Waals surface area contributed by atoms with Crippen LogP contribution >= 0.6 is 0 Å². The van der Waals surface area contributed by atoms with Crippen LogP contribution in [0.1, 0.15) is 51.9 Å². The fraction of sp³-hybridized carbons (Fsp3) is 1.00. The summed E-state index contributed by atoms with van der Waals surface area (Å²) >= 11 is 0. The van der Waals surface area contributed by atoms with E-state index >= 15 is 0 Å². The maximum atomic E-state index is 10.2. The molecule has 3 nitrogen and oxygen atoms in total. The number of hydrogen-bond donors (Lipinski definition) is 2. The van der Waals surface area contributed by atoms with Crippen LogP contribution in [0.4, 0.5) is 0 Å². The van der Waals surface area contributed by atoms with Crippen LogP contribution < -0.4 is 5.73 Å². The van der Waals surface area contributed by atoms with Gasteiger partial charge in [0.1, 0.15) is 0 Å². The molecule has 1 aliphatic heterocycles. The minimum absolute atomic E-state index is 0.0245. The van der Waals surface area contributed by atoms with Gasteiger partial charge in [-0.2, -0.15) is 0 Å². The average Bonchev–Trinajstić information content (AvgIpc) is 2.76. The van der Waals surface area contributed by atoms with Crippen molar-refractivity contribution >= 4 is 0 Å². The van der Waals surface area contributed by atoms with Gasteiger partial charge >= 0.3 is 0 Å². The van der Waals surface area contributed by atoms with E-state index in [-0.39, 0.29) is 12.1 Å². The summed E-state index contributed by atoms with van der Waals surface area (Å²) in [7, 11) is 0. The Kier molecular flexibility index (Phi) is 4.83. The predicted molar refractivity (Wildman–Crippen MR) is 68.7 cm³/mol. The molecule has 1 saturated carbocycles. The Labute approximate surface area is 105 Å². The fourth-order valence-electron chi connectivity index (χ4n) is 3.28. The third-order valence-corrected chi connectivity index (χ3v) is 4.38. The highest BCUT2D eigenvalue weighted by Crippen LogP contribution is 2.29. The molecule has 0 aromatic carbocycles. The zero-order chi connectivity index (χ0) is 12.3. The number of nitrogens with two attached hydrogens (primary N) is 1. The molecule has 0 amide bonds. The first-order chi connectivity index (χ1) is 8.16. The van der Waals surface area contributed by atoms with E-state index < -0.39 is 6.10 Å². The first-order valence-corrected chi connectivity index (χ1v) is 7.22. The van der Waals surface area contributed by atoms with Gasteiger partial charge in [-0.25, -0.2) is 0 Å². The molecule has 1 aliphatic carbocycles. The van der Waals surface area contributed by atoms with E-state index in [0.29, 0.717) is 5.92 Å². The van der Waals surface area contributed by atoms with E-state index in [4.69, 9.17) is 10.5 Å². The molecule has 0 aromatic rings. The molecule has 0 radical (unpaired) electrons. The van der Waals surface area contributed by atoms with Gasteiger partial charge in [-0.05, 0) is 24.7 Å². The van der Waals surface area contributed by atoms with Gasteiger partial charge < -0.3 is 15.6 Å². The van der Waals surface area contributed by atoms with Gasteiger partial charge in [0.15, 0.2) is 0 Å². The largest absolute Gasteiger partial charge is 0.389 e. The van der Waals surface area contributed by atoms with Crippen LogP contribution in [-0.4, -0.2) is 30.0 Å². The van der Waals surface area contributed by atoms with Gasteiger partial charge in [-0.1, -0.05) is 39.0 Å². The lowest BCUT2D eigenvalue weighted by molar-refractivity contribution is -0.0187. The Bertz CT molecular complexity index is 228. The molecular formula is C14H27NO2. The lowest BCUT2D eigenvalue weighted by atomic mass is 9.83. The summed E-state index contributed by atoms with van der Waals surface area (Å²) in [4.78, 5) is 0. The second kappa shape index (κ2) is 6.17. The Balaban J connectivity index is 1.76. The summed E-state index contributed by atoms with van der Waals surface area (Å²) in [6.45, 7) is 2.94. The number of hydrogen-bond acceptors (Lipinski definition) is 3. The van der Waals surface area contributed by atoms with Crippen molar-refractivity contribution in [3.8, 4) is 0 Å². The van der Waals surface area contributed by atoms with Crippen molar-refractivity contribution in [2.24, 2.45) is 17.6 Å². The molecule has 2 unspecified atom stereocenters. The number of aliphatic hydroxyl groups is 1. The van der Waals surface area contributed by atoms with Crippen molar-refractivity contribution in [1.29, 1.82) is 0 Å². The SMILES string of the molecule is C[C@@H]1CO[C@H](C(O)C(N)CC2CCCCC2)C1. The molecule has 100 valence electrons.